The van der Waals surface area contributed by atoms with Crippen molar-refractivity contribution in [1.29, 1.82) is 0 Å². The van der Waals surface area contributed by atoms with Crippen molar-refractivity contribution in [2.45, 2.75) is 39.7 Å². The van der Waals surface area contributed by atoms with Gasteiger partial charge in [-0.1, -0.05) is 30.4 Å². The van der Waals surface area contributed by atoms with Crippen molar-refractivity contribution in [3.05, 3.63) is 23.8 Å². The van der Waals surface area contributed by atoms with E-state index in [1.165, 1.54) is 16.9 Å². The molecule has 1 amide bonds. The van der Waals surface area contributed by atoms with E-state index in [2.05, 4.69) is 23.3 Å². The molecule has 4 nitrogen and oxygen atoms in total. The molecule has 0 saturated carbocycles. The highest BCUT2D eigenvalue weighted by Crippen LogP contribution is 2.28. The van der Waals surface area contributed by atoms with Gasteiger partial charge in [-0.3, -0.25) is 5.32 Å². The first-order valence-corrected chi connectivity index (χ1v) is 7.09. The zero-order valence-corrected chi connectivity index (χ0v) is 12.4. The van der Waals surface area contributed by atoms with E-state index in [1.54, 1.807) is 0 Å². The molecule has 0 radical (unpaired) electrons. The lowest BCUT2D eigenvalue weighted by molar-refractivity contribution is 0.0636. The van der Waals surface area contributed by atoms with Gasteiger partial charge in [-0.25, -0.2) is 9.78 Å². The zero-order chi connectivity index (χ0) is 14.0. The Morgan fingerprint density at radius 3 is 2.79 bits per heavy atom. The highest BCUT2D eigenvalue weighted by molar-refractivity contribution is 7.22. The Bertz CT molecular complexity index is 599. The van der Waals surface area contributed by atoms with Gasteiger partial charge in [-0.05, 0) is 38.8 Å². The number of rotatable bonds is 2. The van der Waals surface area contributed by atoms with E-state index in [-0.39, 0.29) is 0 Å². The third kappa shape index (κ3) is 3.44. The minimum absolute atomic E-state index is 0.468. The van der Waals surface area contributed by atoms with Gasteiger partial charge in [0.25, 0.3) is 0 Å². The molecule has 2 aromatic rings. The van der Waals surface area contributed by atoms with Gasteiger partial charge in [-0.15, -0.1) is 0 Å². The van der Waals surface area contributed by atoms with Crippen LogP contribution in [0, 0.1) is 0 Å². The van der Waals surface area contributed by atoms with Crippen LogP contribution < -0.4 is 5.32 Å². The van der Waals surface area contributed by atoms with Crippen LogP contribution in [-0.4, -0.2) is 16.7 Å². The number of hydrogen-bond acceptors (Lipinski definition) is 4. The van der Waals surface area contributed by atoms with Crippen molar-refractivity contribution >= 4 is 32.8 Å². The molecule has 1 aromatic carbocycles. The summed E-state index contributed by atoms with van der Waals surface area (Å²) >= 11 is 1.46. The number of amides is 1. The molecule has 0 unspecified atom stereocenters. The zero-order valence-electron chi connectivity index (χ0n) is 11.6. The van der Waals surface area contributed by atoms with E-state index in [0.717, 1.165) is 16.6 Å². The van der Waals surface area contributed by atoms with Crippen molar-refractivity contribution in [3.8, 4) is 0 Å². The van der Waals surface area contributed by atoms with Crippen LogP contribution in [0.5, 0.6) is 0 Å². The van der Waals surface area contributed by atoms with Crippen molar-refractivity contribution in [2.24, 2.45) is 0 Å². The fourth-order valence-corrected chi connectivity index (χ4v) is 2.63. The third-order valence-electron chi connectivity index (χ3n) is 2.49. The van der Waals surface area contributed by atoms with Gasteiger partial charge in [0.2, 0.25) is 0 Å². The second-order valence-corrected chi connectivity index (χ2v) is 6.29. The minimum Gasteiger partial charge on any atom is -0.444 e. The number of nitrogens with zero attached hydrogens (tertiary/aromatic N) is 1. The number of aryl methyl sites for hydroxylation is 1. The van der Waals surface area contributed by atoms with Crippen LogP contribution >= 0.6 is 11.3 Å². The number of anilines is 1. The number of hydrogen-bond donors (Lipinski definition) is 1. The fraction of sp³-hybridized carbons (Fsp3) is 0.429. The Kier molecular flexibility index (Phi) is 3.75. The molecule has 1 aromatic heterocycles. The van der Waals surface area contributed by atoms with E-state index in [9.17, 15) is 4.79 Å². The molecule has 1 N–H and O–H groups in total. The summed E-state index contributed by atoms with van der Waals surface area (Å²) in [6.45, 7) is 7.59. The Morgan fingerprint density at radius 2 is 2.16 bits per heavy atom. The summed E-state index contributed by atoms with van der Waals surface area (Å²) in [5.74, 6) is 0. The monoisotopic (exact) mass is 278 g/mol. The normalized spacial score (nSPS) is 11.6. The van der Waals surface area contributed by atoms with Crippen molar-refractivity contribution in [3.63, 3.8) is 0 Å². The topological polar surface area (TPSA) is 51.2 Å². The molecule has 0 saturated heterocycles. The first-order chi connectivity index (χ1) is 8.89. The van der Waals surface area contributed by atoms with E-state index in [0.29, 0.717) is 5.13 Å². The standard InChI is InChI=1S/C14H18N2O2S/c1-5-9-7-6-8-10-11(9)15-12(19-10)16-13(17)18-14(2,3)4/h6-8H,5H2,1-4H3,(H,15,16,17). The molecule has 2 rings (SSSR count). The molecular formula is C14H18N2O2S. The maximum absolute atomic E-state index is 11.7. The lowest BCUT2D eigenvalue weighted by Crippen LogP contribution is -2.27. The number of ether oxygens (including phenoxy) is 1. The molecule has 102 valence electrons. The Labute approximate surface area is 116 Å². The number of para-hydroxylation sites is 1. The number of carbonyl (C=O) groups excluding carboxylic acids is 1. The van der Waals surface area contributed by atoms with Crippen molar-refractivity contribution in [2.75, 3.05) is 5.32 Å². The molecule has 0 atom stereocenters. The summed E-state index contributed by atoms with van der Waals surface area (Å²) in [6.07, 6.45) is 0.456. The maximum atomic E-state index is 11.7. The number of carbonyl (C=O) groups is 1. The predicted molar refractivity (Wildman–Crippen MR) is 78.9 cm³/mol. The first kappa shape index (κ1) is 13.8. The van der Waals surface area contributed by atoms with Gasteiger partial charge in [0.15, 0.2) is 5.13 Å². The number of nitrogens with one attached hydrogen (secondary N) is 1. The summed E-state index contributed by atoms with van der Waals surface area (Å²) in [6, 6.07) is 6.07. The highest BCUT2D eigenvalue weighted by atomic mass is 32.1. The molecule has 0 aliphatic rings. The molecule has 0 fully saturated rings. The SMILES string of the molecule is CCc1cccc2sc(NC(=O)OC(C)(C)C)nc12. The summed E-state index contributed by atoms with van der Waals surface area (Å²) in [4.78, 5) is 16.2. The molecular weight excluding hydrogens is 260 g/mol. The van der Waals surface area contributed by atoms with E-state index >= 15 is 0 Å². The number of aromatic nitrogens is 1. The summed E-state index contributed by atoms with van der Waals surface area (Å²) < 4.78 is 6.29. The Balaban J connectivity index is 2.20. The van der Waals surface area contributed by atoms with Gasteiger partial charge in [0.1, 0.15) is 5.60 Å². The van der Waals surface area contributed by atoms with Gasteiger partial charge in [0, 0.05) is 0 Å². The fourth-order valence-electron chi connectivity index (χ4n) is 1.74. The van der Waals surface area contributed by atoms with E-state index in [4.69, 9.17) is 4.74 Å². The smallest absolute Gasteiger partial charge is 0.413 e. The molecule has 19 heavy (non-hydrogen) atoms. The molecule has 0 aliphatic carbocycles. The van der Waals surface area contributed by atoms with Crippen LogP contribution in [0.15, 0.2) is 18.2 Å². The predicted octanol–water partition coefficient (Wildman–Crippen LogP) is 4.21. The van der Waals surface area contributed by atoms with E-state index in [1.807, 2.05) is 32.9 Å². The van der Waals surface area contributed by atoms with Gasteiger partial charge >= 0.3 is 6.09 Å². The average Bonchev–Trinajstić information content (AvgIpc) is 2.67. The largest absolute Gasteiger partial charge is 0.444 e. The molecule has 0 spiro atoms. The summed E-state index contributed by atoms with van der Waals surface area (Å²) in [5.41, 5.74) is 1.64. The second-order valence-electron chi connectivity index (χ2n) is 5.26. The van der Waals surface area contributed by atoms with Crippen molar-refractivity contribution in [1.82, 2.24) is 4.98 Å². The van der Waals surface area contributed by atoms with Crippen LogP contribution in [0.2, 0.25) is 0 Å². The Hall–Kier alpha value is -1.62. The molecule has 5 heteroatoms. The number of fused-ring (bicyclic) bond motifs is 1. The lowest BCUT2D eigenvalue weighted by Gasteiger charge is -2.18. The lowest BCUT2D eigenvalue weighted by atomic mass is 10.1. The molecule has 0 bridgehead atoms. The second kappa shape index (κ2) is 5.17. The molecule has 0 aliphatic heterocycles. The number of thiazole rings is 1. The van der Waals surface area contributed by atoms with Crippen LogP contribution in [0.4, 0.5) is 9.93 Å². The van der Waals surface area contributed by atoms with Gasteiger partial charge in [-0.2, -0.15) is 0 Å². The van der Waals surface area contributed by atoms with Crippen LogP contribution in [0.1, 0.15) is 33.3 Å². The minimum atomic E-state index is -0.505. The van der Waals surface area contributed by atoms with Crippen LogP contribution in [0.3, 0.4) is 0 Å². The van der Waals surface area contributed by atoms with Crippen LogP contribution in [-0.2, 0) is 11.2 Å². The first-order valence-electron chi connectivity index (χ1n) is 6.27. The van der Waals surface area contributed by atoms with E-state index < -0.39 is 11.7 Å². The third-order valence-corrected chi connectivity index (χ3v) is 3.43. The Morgan fingerprint density at radius 1 is 1.42 bits per heavy atom. The van der Waals surface area contributed by atoms with Crippen LogP contribution in [0.25, 0.3) is 10.2 Å². The van der Waals surface area contributed by atoms with Gasteiger partial charge in [0.05, 0.1) is 10.2 Å². The molecule has 1 heterocycles. The maximum Gasteiger partial charge on any atom is 0.413 e. The van der Waals surface area contributed by atoms with Crippen molar-refractivity contribution < 1.29 is 9.53 Å². The average molecular weight is 278 g/mol. The highest BCUT2D eigenvalue weighted by Gasteiger charge is 2.17. The summed E-state index contributed by atoms with van der Waals surface area (Å²) in [5, 5.41) is 3.26. The summed E-state index contributed by atoms with van der Waals surface area (Å²) in [7, 11) is 0. The number of benzene rings is 1. The quantitative estimate of drug-likeness (QED) is 0.895. The van der Waals surface area contributed by atoms with Gasteiger partial charge < -0.3 is 4.74 Å².